The maximum atomic E-state index is 5.90. The molecule has 19 heavy (non-hydrogen) atoms. The second-order valence-electron chi connectivity index (χ2n) is 4.43. The number of hydrogen-bond acceptors (Lipinski definition) is 2. The first-order valence-corrected chi connectivity index (χ1v) is 6.98. The Morgan fingerprint density at radius 2 is 1.84 bits per heavy atom. The molecule has 0 aliphatic carbocycles. The van der Waals surface area contributed by atoms with Crippen LogP contribution in [0.5, 0.6) is 0 Å². The van der Waals surface area contributed by atoms with E-state index in [4.69, 9.17) is 11.6 Å². The van der Waals surface area contributed by atoms with Crippen molar-refractivity contribution in [3.05, 3.63) is 45.7 Å². The molecule has 0 aliphatic rings. The fourth-order valence-electron chi connectivity index (χ4n) is 2.12. The second-order valence-corrected chi connectivity index (χ2v) is 5.72. The number of aryl methyl sites for hydroxylation is 2. The molecule has 0 aliphatic heterocycles. The number of rotatable bonds is 1. The topological polar surface area (TPSA) is 30.7 Å². The molecule has 2 heterocycles. The summed E-state index contributed by atoms with van der Waals surface area (Å²) in [4.78, 5) is 9.21. The molecule has 0 atom stereocenters. The molecule has 0 bridgehead atoms. The number of fused-ring (bicyclic) bond motifs is 1. The lowest BCUT2D eigenvalue weighted by Crippen LogP contribution is -1.96. The Kier molecular flexibility index (Phi) is 3.07. The Balaban J connectivity index is 2.26. The van der Waals surface area contributed by atoms with Gasteiger partial charge >= 0.3 is 0 Å². The van der Waals surface area contributed by atoms with Gasteiger partial charge in [-0.1, -0.05) is 11.6 Å². The van der Waals surface area contributed by atoms with E-state index in [1.54, 1.807) is 0 Å². The Morgan fingerprint density at radius 3 is 2.53 bits per heavy atom. The van der Waals surface area contributed by atoms with Crippen molar-refractivity contribution in [3.8, 4) is 11.4 Å². The van der Waals surface area contributed by atoms with Crippen LogP contribution in [-0.2, 0) is 7.05 Å². The van der Waals surface area contributed by atoms with Crippen LogP contribution in [0.2, 0.25) is 5.02 Å². The SMILES string of the molecule is Cc1nc(-c2ccc(Cl)cc2)nc2c1c(Br)cn2C. The molecule has 3 aromatic rings. The van der Waals surface area contributed by atoms with E-state index in [0.717, 1.165) is 32.6 Å². The highest BCUT2D eigenvalue weighted by Gasteiger charge is 2.12. The molecule has 1 aromatic carbocycles. The number of halogens is 2. The minimum absolute atomic E-state index is 0.711. The lowest BCUT2D eigenvalue weighted by atomic mass is 10.2. The number of nitrogens with zero attached hydrogens (tertiary/aromatic N) is 3. The van der Waals surface area contributed by atoms with Gasteiger partial charge in [0.15, 0.2) is 5.82 Å². The van der Waals surface area contributed by atoms with Crippen LogP contribution in [0.1, 0.15) is 5.69 Å². The highest BCUT2D eigenvalue weighted by molar-refractivity contribution is 9.10. The highest BCUT2D eigenvalue weighted by atomic mass is 79.9. The third kappa shape index (κ3) is 2.15. The molecule has 0 unspecified atom stereocenters. The van der Waals surface area contributed by atoms with E-state index >= 15 is 0 Å². The number of aromatic nitrogens is 3. The van der Waals surface area contributed by atoms with Crippen molar-refractivity contribution in [2.24, 2.45) is 7.05 Å². The van der Waals surface area contributed by atoms with E-state index in [1.165, 1.54) is 0 Å². The normalized spacial score (nSPS) is 11.2. The third-order valence-corrected chi connectivity index (χ3v) is 3.91. The lowest BCUT2D eigenvalue weighted by Gasteiger charge is -2.04. The van der Waals surface area contributed by atoms with Gasteiger partial charge in [0.1, 0.15) is 5.65 Å². The van der Waals surface area contributed by atoms with Gasteiger partial charge in [-0.2, -0.15) is 0 Å². The first-order chi connectivity index (χ1) is 9.06. The Labute approximate surface area is 124 Å². The summed E-state index contributed by atoms with van der Waals surface area (Å²) in [5.74, 6) is 0.718. The van der Waals surface area contributed by atoms with E-state index in [1.807, 2.05) is 49.0 Å². The van der Waals surface area contributed by atoms with Crippen LogP contribution in [0.15, 0.2) is 34.9 Å². The average Bonchev–Trinajstić information content (AvgIpc) is 2.66. The summed E-state index contributed by atoms with van der Waals surface area (Å²) in [6.45, 7) is 1.99. The molecule has 2 aromatic heterocycles. The molecule has 0 saturated carbocycles. The molecule has 0 spiro atoms. The second kappa shape index (κ2) is 4.62. The molecular formula is C14H11BrClN3. The molecule has 3 rings (SSSR count). The zero-order valence-corrected chi connectivity index (χ0v) is 12.8. The van der Waals surface area contributed by atoms with E-state index in [-0.39, 0.29) is 0 Å². The Morgan fingerprint density at radius 1 is 1.16 bits per heavy atom. The average molecular weight is 337 g/mol. The summed E-state index contributed by atoms with van der Waals surface area (Å²) in [7, 11) is 1.98. The first kappa shape index (κ1) is 12.6. The van der Waals surface area contributed by atoms with Crippen molar-refractivity contribution in [3.63, 3.8) is 0 Å². The smallest absolute Gasteiger partial charge is 0.161 e. The molecule has 0 fully saturated rings. The number of hydrogen-bond donors (Lipinski definition) is 0. The molecule has 3 nitrogen and oxygen atoms in total. The largest absolute Gasteiger partial charge is 0.334 e. The zero-order valence-electron chi connectivity index (χ0n) is 10.5. The van der Waals surface area contributed by atoms with Gasteiger partial charge in [-0.05, 0) is 47.1 Å². The minimum Gasteiger partial charge on any atom is -0.334 e. The Bertz CT molecular complexity index is 762. The van der Waals surface area contributed by atoms with Gasteiger partial charge in [-0.25, -0.2) is 9.97 Å². The lowest BCUT2D eigenvalue weighted by molar-refractivity contribution is 0.941. The van der Waals surface area contributed by atoms with Gasteiger partial charge < -0.3 is 4.57 Å². The van der Waals surface area contributed by atoms with Crippen LogP contribution in [-0.4, -0.2) is 14.5 Å². The van der Waals surface area contributed by atoms with Crippen molar-refractivity contribution < 1.29 is 0 Å². The monoisotopic (exact) mass is 335 g/mol. The predicted molar refractivity (Wildman–Crippen MR) is 81.4 cm³/mol. The molecule has 0 radical (unpaired) electrons. The van der Waals surface area contributed by atoms with Crippen molar-refractivity contribution in [2.45, 2.75) is 6.92 Å². The zero-order chi connectivity index (χ0) is 13.6. The van der Waals surface area contributed by atoms with E-state index in [9.17, 15) is 0 Å². The molecular weight excluding hydrogens is 326 g/mol. The third-order valence-electron chi connectivity index (χ3n) is 3.05. The predicted octanol–water partition coefficient (Wildman–Crippen LogP) is 4.36. The van der Waals surface area contributed by atoms with Crippen molar-refractivity contribution in [1.29, 1.82) is 0 Å². The van der Waals surface area contributed by atoms with Gasteiger partial charge in [0.2, 0.25) is 0 Å². The van der Waals surface area contributed by atoms with Crippen LogP contribution in [0.25, 0.3) is 22.4 Å². The minimum atomic E-state index is 0.711. The van der Waals surface area contributed by atoms with E-state index in [2.05, 4.69) is 25.9 Å². The standard InChI is InChI=1S/C14H11BrClN3/c1-8-12-11(15)7-19(2)14(12)18-13(17-8)9-3-5-10(16)6-4-9/h3-7H,1-2H3. The van der Waals surface area contributed by atoms with Crippen LogP contribution in [0.3, 0.4) is 0 Å². The molecule has 0 N–H and O–H groups in total. The van der Waals surface area contributed by atoms with Gasteiger partial charge in [0.05, 0.1) is 11.1 Å². The van der Waals surface area contributed by atoms with Crippen molar-refractivity contribution in [1.82, 2.24) is 14.5 Å². The summed E-state index contributed by atoms with van der Waals surface area (Å²) in [5, 5.41) is 1.77. The summed E-state index contributed by atoms with van der Waals surface area (Å²) in [6, 6.07) is 7.56. The maximum absolute atomic E-state index is 5.90. The summed E-state index contributed by atoms with van der Waals surface area (Å²) in [6.07, 6.45) is 2.00. The number of benzene rings is 1. The summed E-state index contributed by atoms with van der Waals surface area (Å²) < 4.78 is 3.01. The van der Waals surface area contributed by atoms with Gasteiger partial charge in [-0.3, -0.25) is 0 Å². The quantitative estimate of drug-likeness (QED) is 0.661. The van der Waals surface area contributed by atoms with E-state index < -0.39 is 0 Å². The molecule has 96 valence electrons. The summed E-state index contributed by atoms with van der Waals surface area (Å²) in [5.41, 5.74) is 2.85. The van der Waals surface area contributed by atoms with Gasteiger partial charge in [-0.15, -0.1) is 0 Å². The maximum Gasteiger partial charge on any atom is 0.161 e. The van der Waals surface area contributed by atoms with Crippen LogP contribution < -0.4 is 0 Å². The van der Waals surface area contributed by atoms with Crippen molar-refractivity contribution >= 4 is 38.6 Å². The highest BCUT2D eigenvalue weighted by Crippen LogP contribution is 2.28. The Hall–Kier alpha value is -1.39. The fraction of sp³-hybridized carbons (Fsp3) is 0.143. The summed E-state index contributed by atoms with van der Waals surface area (Å²) >= 11 is 9.44. The van der Waals surface area contributed by atoms with E-state index in [0.29, 0.717) is 5.02 Å². The molecule has 0 saturated heterocycles. The van der Waals surface area contributed by atoms with Gasteiger partial charge in [0, 0.05) is 28.3 Å². The molecule has 5 heteroatoms. The van der Waals surface area contributed by atoms with Crippen molar-refractivity contribution in [2.75, 3.05) is 0 Å². The molecule has 0 amide bonds. The fourth-order valence-corrected chi connectivity index (χ4v) is 3.01. The van der Waals surface area contributed by atoms with Gasteiger partial charge in [0.25, 0.3) is 0 Å². The van der Waals surface area contributed by atoms with Crippen LogP contribution in [0, 0.1) is 6.92 Å². The van der Waals surface area contributed by atoms with Crippen LogP contribution >= 0.6 is 27.5 Å². The van der Waals surface area contributed by atoms with Crippen LogP contribution in [0.4, 0.5) is 0 Å². The first-order valence-electron chi connectivity index (χ1n) is 5.81.